The van der Waals surface area contributed by atoms with Crippen molar-refractivity contribution in [2.75, 3.05) is 72.0 Å². The summed E-state index contributed by atoms with van der Waals surface area (Å²) >= 11 is 0. The second-order valence-electron chi connectivity index (χ2n) is 13.1. The molecule has 2 fully saturated rings. The maximum atomic E-state index is 14.0. The molecule has 13 heteroatoms. The molecule has 1 amide bonds. The number of nitrogens with zero attached hydrogens (tertiary/aromatic N) is 9. The number of ether oxygens (including phenoxy) is 3. The third kappa shape index (κ3) is 6.69. The molecule has 2 aliphatic heterocycles. The monoisotopic (exact) mass is 679 g/mol. The Hall–Kier alpha value is -5.17. The summed E-state index contributed by atoms with van der Waals surface area (Å²) in [6.07, 6.45) is 4.55. The number of imidazole rings is 1. The minimum absolute atomic E-state index is 0.0320. The van der Waals surface area contributed by atoms with Gasteiger partial charge in [-0.3, -0.25) is 4.79 Å². The van der Waals surface area contributed by atoms with Gasteiger partial charge < -0.3 is 33.5 Å². The van der Waals surface area contributed by atoms with Crippen LogP contribution in [-0.4, -0.2) is 113 Å². The van der Waals surface area contributed by atoms with Gasteiger partial charge in [0, 0.05) is 50.2 Å². The maximum absolute atomic E-state index is 14.0. The van der Waals surface area contributed by atoms with Gasteiger partial charge >= 0.3 is 0 Å². The van der Waals surface area contributed by atoms with Crippen molar-refractivity contribution < 1.29 is 19.0 Å². The Balaban J connectivity index is 1.06. The fourth-order valence-electron chi connectivity index (χ4n) is 7.59. The van der Waals surface area contributed by atoms with Gasteiger partial charge in [0.15, 0.2) is 11.5 Å². The SMILES string of the molecule is COc1cc(C(=O)N2CCC(CCN3CCCN(c4nc5ccccc5n4CCn4cnnn4)CC3)(c3ccccc3)C2)cc(OC)c1OC. The van der Waals surface area contributed by atoms with Gasteiger partial charge in [0.2, 0.25) is 11.7 Å². The predicted molar refractivity (Wildman–Crippen MR) is 190 cm³/mol. The van der Waals surface area contributed by atoms with Crippen LogP contribution in [-0.2, 0) is 18.5 Å². The van der Waals surface area contributed by atoms with E-state index >= 15 is 0 Å². The molecule has 1 unspecified atom stereocenters. The van der Waals surface area contributed by atoms with E-state index in [1.54, 1.807) is 44.5 Å². The van der Waals surface area contributed by atoms with E-state index in [2.05, 4.69) is 78.4 Å². The molecule has 2 aromatic heterocycles. The van der Waals surface area contributed by atoms with Crippen molar-refractivity contribution in [1.29, 1.82) is 0 Å². The summed E-state index contributed by atoms with van der Waals surface area (Å²) < 4.78 is 20.6. The smallest absolute Gasteiger partial charge is 0.254 e. The Labute approximate surface area is 292 Å². The Kier molecular flexibility index (Phi) is 9.83. The first kappa shape index (κ1) is 33.3. The number of aromatic nitrogens is 6. The summed E-state index contributed by atoms with van der Waals surface area (Å²) in [6.45, 7) is 7.45. The summed E-state index contributed by atoms with van der Waals surface area (Å²) in [4.78, 5) is 26.1. The highest BCUT2D eigenvalue weighted by molar-refractivity contribution is 5.96. The Bertz CT molecular complexity index is 1870. The van der Waals surface area contributed by atoms with Crippen LogP contribution in [0.25, 0.3) is 11.0 Å². The molecule has 0 radical (unpaired) electrons. The minimum atomic E-state index is -0.145. The number of tetrazole rings is 1. The quantitative estimate of drug-likeness (QED) is 0.191. The summed E-state index contributed by atoms with van der Waals surface area (Å²) in [5, 5.41) is 11.6. The van der Waals surface area contributed by atoms with E-state index in [1.807, 2.05) is 11.0 Å². The lowest BCUT2D eigenvalue weighted by Crippen LogP contribution is -2.39. The topological polar surface area (TPSA) is 116 Å². The molecule has 262 valence electrons. The third-order valence-electron chi connectivity index (χ3n) is 10.3. The average molecular weight is 680 g/mol. The average Bonchev–Trinajstić information content (AvgIpc) is 3.89. The number of carbonyl (C=O) groups is 1. The first-order valence-electron chi connectivity index (χ1n) is 17.3. The van der Waals surface area contributed by atoms with Crippen LogP contribution in [0.5, 0.6) is 17.2 Å². The second-order valence-corrected chi connectivity index (χ2v) is 13.1. The highest BCUT2D eigenvalue weighted by Crippen LogP contribution is 2.41. The highest BCUT2D eigenvalue weighted by atomic mass is 16.5. The summed E-state index contributed by atoms with van der Waals surface area (Å²) in [6, 6.07) is 22.5. The molecule has 4 heterocycles. The van der Waals surface area contributed by atoms with E-state index in [4.69, 9.17) is 19.2 Å². The zero-order valence-corrected chi connectivity index (χ0v) is 29.1. The van der Waals surface area contributed by atoms with Crippen LogP contribution in [0.2, 0.25) is 0 Å². The molecular weight excluding hydrogens is 634 g/mol. The molecule has 0 N–H and O–H groups in total. The van der Waals surface area contributed by atoms with Gasteiger partial charge in [-0.25, -0.2) is 9.67 Å². The van der Waals surface area contributed by atoms with Crippen LogP contribution in [0.1, 0.15) is 35.2 Å². The Morgan fingerprint density at radius 3 is 2.36 bits per heavy atom. The molecule has 13 nitrogen and oxygen atoms in total. The molecule has 50 heavy (non-hydrogen) atoms. The first-order chi connectivity index (χ1) is 24.5. The number of hydrogen-bond acceptors (Lipinski definition) is 10. The largest absolute Gasteiger partial charge is 0.493 e. The fraction of sp³-hybridized carbons (Fsp3) is 0.432. The van der Waals surface area contributed by atoms with Crippen LogP contribution in [0.3, 0.4) is 0 Å². The standard InChI is InChI=1S/C37H45N9O4/c1-48-32-24-28(25-33(49-2)34(32)50-3)35(47)44-19-15-37(26-44,29-10-5-4-6-11-29)14-18-42-16-9-17-43(21-20-42)36-39-30-12-7-8-13-31(30)46(36)23-22-45-27-38-40-41-45/h4-8,10-13,24-25,27H,9,14-23,26H2,1-3H3. The van der Waals surface area contributed by atoms with Crippen LogP contribution in [0.4, 0.5) is 5.95 Å². The number of likely N-dealkylation sites (tertiary alicyclic amines) is 1. The Morgan fingerprint density at radius 1 is 0.840 bits per heavy atom. The number of amides is 1. The van der Waals surface area contributed by atoms with Gasteiger partial charge in [-0.05, 0) is 72.6 Å². The van der Waals surface area contributed by atoms with Gasteiger partial charge in [0.1, 0.15) is 6.33 Å². The second kappa shape index (κ2) is 14.8. The molecule has 2 aliphatic rings. The molecule has 0 saturated carbocycles. The van der Waals surface area contributed by atoms with Gasteiger partial charge in [-0.2, -0.15) is 0 Å². The molecule has 7 rings (SSSR count). The molecule has 0 spiro atoms. The van der Waals surface area contributed by atoms with Gasteiger partial charge in [-0.1, -0.05) is 42.5 Å². The highest BCUT2D eigenvalue weighted by Gasteiger charge is 2.42. The van der Waals surface area contributed by atoms with Crippen molar-refractivity contribution >= 4 is 22.9 Å². The number of aryl methyl sites for hydroxylation is 2. The van der Waals surface area contributed by atoms with E-state index in [0.29, 0.717) is 42.4 Å². The number of hydrogen-bond donors (Lipinski definition) is 0. The predicted octanol–water partition coefficient (Wildman–Crippen LogP) is 4.14. The van der Waals surface area contributed by atoms with Crippen molar-refractivity contribution in [3.63, 3.8) is 0 Å². The van der Waals surface area contributed by atoms with Crippen LogP contribution >= 0.6 is 0 Å². The van der Waals surface area contributed by atoms with Gasteiger partial charge in [0.25, 0.3) is 5.91 Å². The van der Waals surface area contributed by atoms with E-state index in [9.17, 15) is 4.79 Å². The van der Waals surface area contributed by atoms with E-state index in [0.717, 1.165) is 75.5 Å². The van der Waals surface area contributed by atoms with Crippen molar-refractivity contribution in [3.05, 3.63) is 84.2 Å². The molecule has 0 aliphatic carbocycles. The normalized spacial score (nSPS) is 18.4. The van der Waals surface area contributed by atoms with Crippen molar-refractivity contribution in [3.8, 4) is 17.2 Å². The number of fused-ring (bicyclic) bond motifs is 1. The third-order valence-corrected chi connectivity index (χ3v) is 10.3. The molecular formula is C37H45N9O4. The van der Waals surface area contributed by atoms with Crippen molar-refractivity contribution in [1.82, 2.24) is 39.6 Å². The lowest BCUT2D eigenvalue weighted by atomic mass is 9.76. The number of para-hydroxylation sites is 2. The zero-order chi connectivity index (χ0) is 34.5. The zero-order valence-electron chi connectivity index (χ0n) is 29.1. The molecule has 1 atom stereocenters. The summed E-state index contributed by atoms with van der Waals surface area (Å²) in [5.41, 5.74) is 3.78. The maximum Gasteiger partial charge on any atom is 0.254 e. The summed E-state index contributed by atoms with van der Waals surface area (Å²) in [5.74, 6) is 2.39. The molecule has 2 saturated heterocycles. The van der Waals surface area contributed by atoms with E-state index < -0.39 is 0 Å². The molecule has 0 bridgehead atoms. The Morgan fingerprint density at radius 2 is 1.62 bits per heavy atom. The van der Waals surface area contributed by atoms with Gasteiger partial charge in [0.05, 0.1) is 38.9 Å². The van der Waals surface area contributed by atoms with Crippen LogP contribution < -0.4 is 19.1 Å². The number of carbonyl (C=O) groups excluding carboxylic acids is 1. The lowest BCUT2D eigenvalue weighted by molar-refractivity contribution is 0.0780. The van der Waals surface area contributed by atoms with Crippen LogP contribution in [0.15, 0.2) is 73.1 Å². The number of methoxy groups -OCH3 is 3. The first-order valence-corrected chi connectivity index (χ1v) is 17.3. The molecule has 5 aromatic rings. The lowest BCUT2D eigenvalue weighted by Gasteiger charge is -2.33. The molecule has 3 aromatic carbocycles. The fourth-order valence-corrected chi connectivity index (χ4v) is 7.59. The number of anilines is 1. The van der Waals surface area contributed by atoms with Crippen molar-refractivity contribution in [2.45, 2.75) is 37.8 Å². The summed E-state index contributed by atoms with van der Waals surface area (Å²) in [7, 11) is 4.70. The van der Waals surface area contributed by atoms with Gasteiger partial charge in [-0.15, -0.1) is 5.10 Å². The van der Waals surface area contributed by atoms with E-state index in [1.165, 1.54) is 5.56 Å². The minimum Gasteiger partial charge on any atom is -0.493 e. The van der Waals surface area contributed by atoms with E-state index in [-0.39, 0.29) is 11.3 Å². The van der Waals surface area contributed by atoms with Crippen molar-refractivity contribution in [2.24, 2.45) is 0 Å². The number of benzene rings is 3. The van der Waals surface area contributed by atoms with Crippen LogP contribution in [0, 0.1) is 0 Å². The number of rotatable bonds is 12.